The number of halogens is 1. The number of nitrogens with zero attached hydrogens (tertiary/aromatic N) is 2. The standard InChI is InChI=1S/C13H20BrN3O/c1-8(2)17-12(11(14)7-15-17)13(18)5-9-3-4-10(6-13)16-9/h7-10,16,18H,3-6H2,1-2H3. The summed E-state index contributed by atoms with van der Waals surface area (Å²) in [6.45, 7) is 4.20. The number of hydrogen-bond acceptors (Lipinski definition) is 3. The van der Waals surface area contributed by atoms with E-state index in [1.54, 1.807) is 6.20 Å². The van der Waals surface area contributed by atoms with E-state index >= 15 is 0 Å². The largest absolute Gasteiger partial charge is 0.383 e. The first-order valence-electron chi connectivity index (χ1n) is 6.71. The van der Waals surface area contributed by atoms with Crippen molar-refractivity contribution >= 4 is 15.9 Å². The number of nitrogens with one attached hydrogen (secondary N) is 1. The van der Waals surface area contributed by atoms with Crippen LogP contribution in [0.1, 0.15) is 51.3 Å². The average Bonchev–Trinajstić information content (AvgIpc) is 2.83. The van der Waals surface area contributed by atoms with Gasteiger partial charge in [0.25, 0.3) is 0 Å². The van der Waals surface area contributed by atoms with E-state index in [4.69, 9.17) is 0 Å². The number of hydrogen-bond donors (Lipinski definition) is 2. The number of aliphatic hydroxyl groups is 1. The molecule has 18 heavy (non-hydrogen) atoms. The van der Waals surface area contributed by atoms with E-state index in [1.165, 1.54) is 12.8 Å². The highest BCUT2D eigenvalue weighted by molar-refractivity contribution is 9.10. The SMILES string of the molecule is CC(C)n1ncc(Br)c1C1(O)CC2CCC(C1)N2. The molecular formula is C13H20BrN3O. The van der Waals surface area contributed by atoms with E-state index in [0.717, 1.165) is 23.0 Å². The summed E-state index contributed by atoms with van der Waals surface area (Å²) >= 11 is 3.55. The Hall–Kier alpha value is -0.390. The fourth-order valence-electron chi connectivity index (χ4n) is 3.48. The second-order valence-electron chi connectivity index (χ2n) is 5.96. The predicted octanol–water partition coefficient (Wildman–Crippen LogP) is 2.33. The van der Waals surface area contributed by atoms with Crippen LogP contribution in [0.5, 0.6) is 0 Å². The van der Waals surface area contributed by atoms with Crippen LogP contribution in [0.15, 0.2) is 10.7 Å². The second kappa shape index (κ2) is 4.32. The molecule has 2 bridgehead atoms. The molecule has 4 nitrogen and oxygen atoms in total. The Labute approximate surface area is 116 Å². The van der Waals surface area contributed by atoms with E-state index in [1.807, 2.05) is 4.68 Å². The van der Waals surface area contributed by atoms with Gasteiger partial charge in [0, 0.05) is 18.1 Å². The normalized spacial score (nSPS) is 35.4. The summed E-state index contributed by atoms with van der Waals surface area (Å²) in [5.74, 6) is 0. The molecule has 100 valence electrons. The topological polar surface area (TPSA) is 50.1 Å². The highest BCUT2D eigenvalue weighted by Crippen LogP contribution is 2.43. The lowest BCUT2D eigenvalue weighted by Gasteiger charge is -2.38. The van der Waals surface area contributed by atoms with Crippen LogP contribution in [0.25, 0.3) is 0 Å². The van der Waals surface area contributed by atoms with Gasteiger partial charge in [0.2, 0.25) is 0 Å². The predicted molar refractivity (Wildman–Crippen MR) is 73.4 cm³/mol. The minimum atomic E-state index is -0.739. The summed E-state index contributed by atoms with van der Waals surface area (Å²) in [5, 5.41) is 19.1. The summed E-state index contributed by atoms with van der Waals surface area (Å²) in [7, 11) is 0. The van der Waals surface area contributed by atoms with Crippen LogP contribution < -0.4 is 5.32 Å². The molecule has 0 aromatic carbocycles. The van der Waals surface area contributed by atoms with Crippen LogP contribution in [0.2, 0.25) is 0 Å². The molecule has 2 aliphatic rings. The van der Waals surface area contributed by atoms with Crippen molar-refractivity contribution in [2.24, 2.45) is 0 Å². The summed E-state index contributed by atoms with van der Waals surface area (Å²) in [6, 6.07) is 1.18. The lowest BCUT2D eigenvalue weighted by molar-refractivity contribution is -0.0206. The number of fused-ring (bicyclic) bond motifs is 2. The van der Waals surface area contributed by atoms with Crippen LogP contribution >= 0.6 is 15.9 Å². The van der Waals surface area contributed by atoms with Crippen molar-refractivity contribution in [3.05, 3.63) is 16.4 Å². The molecule has 0 saturated carbocycles. The van der Waals surface area contributed by atoms with E-state index < -0.39 is 5.60 Å². The van der Waals surface area contributed by atoms with Crippen molar-refractivity contribution in [2.75, 3.05) is 0 Å². The van der Waals surface area contributed by atoms with Crippen LogP contribution in [-0.4, -0.2) is 27.0 Å². The Morgan fingerprint density at radius 3 is 2.61 bits per heavy atom. The minimum Gasteiger partial charge on any atom is -0.383 e. The molecule has 5 heteroatoms. The molecule has 2 fully saturated rings. The van der Waals surface area contributed by atoms with Gasteiger partial charge in [-0.25, -0.2) is 0 Å². The zero-order valence-corrected chi connectivity index (χ0v) is 12.4. The van der Waals surface area contributed by atoms with Crippen LogP contribution in [0.3, 0.4) is 0 Å². The molecule has 3 heterocycles. The zero-order chi connectivity index (χ0) is 12.9. The molecule has 1 aromatic rings. The summed E-state index contributed by atoms with van der Waals surface area (Å²) in [6.07, 6.45) is 5.75. The molecule has 1 aromatic heterocycles. The van der Waals surface area contributed by atoms with E-state index in [-0.39, 0.29) is 6.04 Å². The fraction of sp³-hybridized carbons (Fsp3) is 0.769. The van der Waals surface area contributed by atoms with Crippen molar-refractivity contribution in [3.8, 4) is 0 Å². The first-order chi connectivity index (χ1) is 8.49. The van der Waals surface area contributed by atoms with Crippen molar-refractivity contribution in [1.82, 2.24) is 15.1 Å². The molecule has 2 aliphatic heterocycles. The van der Waals surface area contributed by atoms with Crippen LogP contribution in [0.4, 0.5) is 0 Å². The van der Waals surface area contributed by atoms with Crippen molar-refractivity contribution < 1.29 is 5.11 Å². The molecule has 2 N–H and O–H groups in total. The lowest BCUT2D eigenvalue weighted by atomic mass is 9.84. The van der Waals surface area contributed by atoms with E-state index in [9.17, 15) is 5.11 Å². The lowest BCUT2D eigenvalue weighted by Crippen LogP contribution is -2.47. The number of piperidine rings is 1. The van der Waals surface area contributed by atoms with Crippen LogP contribution in [0, 0.1) is 0 Å². The number of rotatable bonds is 2. The molecule has 0 radical (unpaired) electrons. The molecule has 0 spiro atoms. The van der Waals surface area contributed by atoms with Gasteiger partial charge >= 0.3 is 0 Å². The summed E-state index contributed by atoms with van der Waals surface area (Å²) in [5.41, 5.74) is 0.215. The summed E-state index contributed by atoms with van der Waals surface area (Å²) in [4.78, 5) is 0. The van der Waals surface area contributed by atoms with Gasteiger partial charge in [-0.1, -0.05) is 0 Å². The number of aromatic nitrogens is 2. The summed E-state index contributed by atoms with van der Waals surface area (Å²) < 4.78 is 2.88. The van der Waals surface area contributed by atoms with Crippen LogP contribution in [-0.2, 0) is 5.60 Å². The fourth-order valence-corrected chi connectivity index (χ4v) is 4.13. The van der Waals surface area contributed by atoms with E-state index in [2.05, 4.69) is 40.2 Å². The van der Waals surface area contributed by atoms with E-state index in [0.29, 0.717) is 12.1 Å². The molecule has 3 rings (SSSR count). The zero-order valence-electron chi connectivity index (χ0n) is 10.9. The average molecular weight is 314 g/mol. The van der Waals surface area contributed by atoms with Crippen molar-refractivity contribution in [2.45, 2.75) is 63.3 Å². The Kier molecular flexibility index (Phi) is 3.03. The Bertz CT molecular complexity index is 445. The smallest absolute Gasteiger partial charge is 0.110 e. The molecule has 0 amide bonds. The maximum atomic E-state index is 11.1. The van der Waals surface area contributed by atoms with Gasteiger partial charge < -0.3 is 10.4 Å². The Balaban J connectivity index is 2.01. The van der Waals surface area contributed by atoms with Gasteiger partial charge in [-0.05, 0) is 55.5 Å². The van der Waals surface area contributed by atoms with Crippen molar-refractivity contribution in [3.63, 3.8) is 0 Å². The van der Waals surface area contributed by atoms with Gasteiger partial charge in [0.15, 0.2) is 0 Å². The third-order valence-electron chi connectivity index (χ3n) is 4.18. The maximum Gasteiger partial charge on any atom is 0.110 e. The van der Waals surface area contributed by atoms with Gasteiger partial charge in [0.1, 0.15) is 5.60 Å². The molecule has 2 atom stereocenters. The molecular weight excluding hydrogens is 294 g/mol. The van der Waals surface area contributed by atoms with Gasteiger partial charge in [-0.2, -0.15) is 5.10 Å². The molecule has 2 saturated heterocycles. The third kappa shape index (κ3) is 1.92. The Morgan fingerprint density at radius 2 is 2.06 bits per heavy atom. The maximum absolute atomic E-state index is 11.1. The highest BCUT2D eigenvalue weighted by atomic mass is 79.9. The minimum absolute atomic E-state index is 0.267. The van der Waals surface area contributed by atoms with Gasteiger partial charge in [-0.15, -0.1) is 0 Å². The highest BCUT2D eigenvalue weighted by Gasteiger charge is 2.46. The van der Waals surface area contributed by atoms with Gasteiger partial charge in [-0.3, -0.25) is 4.68 Å². The first kappa shape index (κ1) is 12.6. The monoisotopic (exact) mass is 313 g/mol. The van der Waals surface area contributed by atoms with Crippen molar-refractivity contribution in [1.29, 1.82) is 0 Å². The van der Waals surface area contributed by atoms with Gasteiger partial charge in [0.05, 0.1) is 16.4 Å². The molecule has 0 aliphatic carbocycles. The first-order valence-corrected chi connectivity index (χ1v) is 7.51. The quantitative estimate of drug-likeness (QED) is 0.881. The second-order valence-corrected chi connectivity index (χ2v) is 6.81. The molecule has 2 unspecified atom stereocenters. The Morgan fingerprint density at radius 1 is 1.44 bits per heavy atom. The third-order valence-corrected chi connectivity index (χ3v) is 4.76.